The molecule has 0 bridgehead atoms. The van der Waals surface area contributed by atoms with Crippen LogP contribution >= 0.6 is 0 Å². The lowest BCUT2D eigenvalue weighted by Gasteiger charge is -2.11. The molecule has 1 atom stereocenters. The van der Waals surface area contributed by atoms with Crippen LogP contribution in [0.4, 0.5) is 0 Å². The normalized spacial score (nSPS) is 12.2. The molecule has 4 heteroatoms. The van der Waals surface area contributed by atoms with Crippen molar-refractivity contribution in [3.63, 3.8) is 0 Å². The fourth-order valence-electron chi connectivity index (χ4n) is 1.38. The summed E-state index contributed by atoms with van der Waals surface area (Å²) in [5.74, 6) is -0.217. The first-order valence-corrected chi connectivity index (χ1v) is 4.66. The van der Waals surface area contributed by atoms with Crippen LogP contribution in [-0.2, 0) is 16.0 Å². The molecular formula is C11H15NO3. The number of phenols is 1. The number of hydrogen-bond acceptors (Lipinski definition) is 4. The minimum absolute atomic E-state index is 0.211. The Labute approximate surface area is 88.7 Å². The van der Waals surface area contributed by atoms with E-state index in [1.165, 1.54) is 7.11 Å². The Morgan fingerprint density at radius 1 is 1.60 bits per heavy atom. The Kier molecular flexibility index (Phi) is 3.68. The van der Waals surface area contributed by atoms with E-state index in [4.69, 9.17) is 5.73 Å². The van der Waals surface area contributed by atoms with E-state index < -0.39 is 12.0 Å². The van der Waals surface area contributed by atoms with Crippen molar-refractivity contribution < 1.29 is 14.6 Å². The molecule has 1 rings (SSSR count). The zero-order valence-corrected chi connectivity index (χ0v) is 8.86. The molecule has 1 aromatic carbocycles. The van der Waals surface area contributed by atoms with Crippen LogP contribution in [0.3, 0.4) is 0 Å². The number of ether oxygens (including phenoxy) is 1. The summed E-state index contributed by atoms with van der Waals surface area (Å²) in [4.78, 5) is 11.1. The summed E-state index contributed by atoms with van der Waals surface area (Å²) < 4.78 is 4.53. The Morgan fingerprint density at radius 3 is 2.80 bits per heavy atom. The summed E-state index contributed by atoms with van der Waals surface area (Å²) in [6.45, 7) is 1.86. The number of benzene rings is 1. The molecule has 0 amide bonds. The fraction of sp³-hybridized carbons (Fsp3) is 0.364. The summed E-state index contributed by atoms with van der Waals surface area (Å²) in [5.41, 5.74) is 7.48. The average Bonchev–Trinajstić information content (AvgIpc) is 2.20. The van der Waals surface area contributed by atoms with E-state index in [0.29, 0.717) is 6.42 Å². The molecule has 4 nitrogen and oxygen atoms in total. The average molecular weight is 209 g/mol. The van der Waals surface area contributed by atoms with Gasteiger partial charge in [0.25, 0.3) is 0 Å². The highest BCUT2D eigenvalue weighted by molar-refractivity contribution is 5.75. The first-order chi connectivity index (χ1) is 7.04. The number of hydrogen-bond donors (Lipinski definition) is 2. The van der Waals surface area contributed by atoms with Gasteiger partial charge in [-0.1, -0.05) is 6.07 Å². The van der Waals surface area contributed by atoms with Crippen molar-refractivity contribution in [3.8, 4) is 5.75 Å². The van der Waals surface area contributed by atoms with E-state index in [1.54, 1.807) is 18.2 Å². The van der Waals surface area contributed by atoms with Crippen molar-refractivity contribution in [2.45, 2.75) is 19.4 Å². The lowest BCUT2D eigenvalue weighted by atomic mass is 10.0. The largest absolute Gasteiger partial charge is 0.508 e. The van der Waals surface area contributed by atoms with Gasteiger partial charge in [-0.05, 0) is 36.6 Å². The summed E-state index contributed by atoms with van der Waals surface area (Å²) in [7, 11) is 1.31. The standard InChI is InChI=1S/C11H15NO3/c1-7-5-9(13)4-3-8(7)6-10(12)11(14)15-2/h3-5,10,13H,6,12H2,1-2H3. The monoisotopic (exact) mass is 209 g/mol. The van der Waals surface area contributed by atoms with Crippen molar-refractivity contribution in [2.24, 2.45) is 5.73 Å². The molecule has 1 unspecified atom stereocenters. The SMILES string of the molecule is COC(=O)C(N)Cc1ccc(O)cc1C. The van der Waals surface area contributed by atoms with Crippen LogP contribution in [0, 0.1) is 6.92 Å². The minimum atomic E-state index is -0.654. The van der Waals surface area contributed by atoms with Crippen molar-refractivity contribution in [2.75, 3.05) is 7.11 Å². The molecule has 0 aliphatic carbocycles. The van der Waals surface area contributed by atoms with Gasteiger partial charge in [0, 0.05) is 0 Å². The second kappa shape index (κ2) is 4.79. The van der Waals surface area contributed by atoms with Gasteiger partial charge in [0.2, 0.25) is 0 Å². The molecule has 0 spiro atoms. The molecule has 0 aliphatic rings. The van der Waals surface area contributed by atoms with Crippen LogP contribution in [0.5, 0.6) is 5.75 Å². The lowest BCUT2D eigenvalue weighted by molar-refractivity contribution is -0.142. The van der Waals surface area contributed by atoms with Gasteiger partial charge in [0.15, 0.2) is 0 Å². The maximum atomic E-state index is 11.1. The zero-order valence-electron chi connectivity index (χ0n) is 8.86. The number of nitrogens with two attached hydrogens (primary N) is 1. The summed E-state index contributed by atoms with van der Waals surface area (Å²) in [5, 5.41) is 9.20. The summed E-state index contributed by atoms with van der Waals surface area (Å²) in [6.07, 6.45) is 0.415. The van der Waals surface area contributed by atoms with Gasteiger partial charge in [-0.3, -0.25) is 4.79 Å². The minimum Gasteiger partial charge on any atom is -0.508 e. The molecule has 15 heavy (non-hydrogen) atoms. The van der Waals surface area contributed by atoms with Crippen LogP contribution < -0.4 is 5.73 Å². The van der Waals surface area contributed by atoms with Crippen molar-refractivity contribution in [1.82, 2.24) is 0 Å². The van der Waals surface area contributed by atoms with E-state index in [2.05, 4.69) is 4.74 Å². The number of rotatable bonds is 3. The number of aromatic hydroxyl groups is 1. The first kappa shape index (κ1) is 11.5. The van der Waals surface area contributed by atoms with Crippen LogP contribution in [0.2, 0.25) is 0 Å². The number of carbonyl (C=O) groups is 1. The molecule has 0 fully saturated rings. The lowest BCUT2D eigenvalue weighted by Crippen LogP contribution is -2.33. The third-order valence-electron chi connectivity index (χ3n) is 2.27. The number of aryl methyl sites for hydroxylation is 1. The van der Waals surface area contributed by atoms with Gasteiger partial charge in [0.05, 0.1) is 7.11 Å². The number of phenolic OH excluding ortho intramolecular Hbond substituents is 1. The van der Waals surface area contributed by atoms with Crippen LogP contribution in [0.1, 0.15) is 11.1 Å². The first-order valence-electron chi connectivity index (χ1n) is 4.66. The quantitative estimate of drug-likeness (QED) is 0.720. The molecule has 82 valence electrons. The van der Waals surface area contributed by atoms with Gasteiger partial charge in [-0.15, -0.1) is 0 Å². The van der Waals surface area contributed by atoms with Gasteiger partial charge in [-0.2, -0.15) is 0 Å². The summed E-state index contributed by atoms with van der Waals surface area (Å²) in [6, 6.07) is 4.32. The third-order valence-corrected chi connectivity index (χ3v) is 2.27. The highest BCUT2D eigenvalue weighted by atomic mass is 16.5. The fourth-order valence-corrected chi connectivity index (χ4v) is 1.38. The molecule has 0 saturated carbocycles. The highest BCUT2D eigenvalue weighted by Crippen LogP contribution is 2.16. The molecule has 1 aromatic rings. The second-order valence-corrected chi connectivity index (χ2v) is 3.44. The predicted octanol–water partition coefficient (Wildman–Crippen LogP) is 0.743. The van der Waals surface area contributed by atoms with Crippen molar-refractivity contribution >= 4 is 5.97 Å². The van der Waals surface area contributed by atoms with Gasteiger partial charge in [-0.25, -0.2) is 0 Å². The number of esters is 1. The van der Waals surface area contributed by atoms with Gasteiger partial charge >= 0.3 is 5.97 Å². The van der Waals surface area contributed by atoms with Crippen LogP contribution in [0.15, 0.2) is 18.2 Å². The second-order valence-electron chi connectivity index (χ2n) is 3.44. The molecule has 0 heterocycles. The Hall–Kier alpha value is -1.55. The van der Waals surface area contributed by atoms with E-state index >= 15 is 0 Å². The predicted molar refractivity (Wildman–Crippen MR) is 56.5 cm³/mol. The highest BCUT2D eigenvalue weighted by Gasteiger charge is 2.15. The molecule has 0 aliphatic heterocycles. The Morgan fingerprint density at radius 2 is 2.27 bits per heavy atom. The van der Waals surface area contributed by atoms with Gasteiger partial charge < -0.3 is 15.6 Å². The number of carbonyl (C=O) groups excluding carboxylic acids is 1. The Bertz CT molecular complexity index is 363. The van der Waals surface area contributed by atoms with E-state index in [9.17, 15) is 9.90 Å². The zero-order chi connectivity index (χ0) is 11.4. The van der Waals surface area contributed by atoms with Crippen molar-refractivity contribution in [1.29, 1.82) is 0 Å². The molecule has 3 N–H and O–H groups in total. The summed E-state index contributed by atoms with van der Waals surface area (Å²) >= 11 is 0. The Balaban J connectivity index is 2.76. The van der Waals surface area contributed by atoms with Crippen molar-refractivity contribution in [3.05, 3.63) is 29.3 Å². The smallest absolute Gasteiger partial charge is 0.322 e. The third kappa shape index (κ3) is 2.95. The van der Waals surface area contributed by atoms with E-state index in [0.717, 1.165) is 11.1 Å². The van der Waals surface area contributed by atoms with Crippen LogP contribution in [0.25, 0.3) is 0 Å². The molecule has 0 saturated heterocycles. The van der Waals surface area contributed by atoms with Crippen LogP contribution in [-0.4, -0.2) is 24.2 Å². The maximum Gasteiger partial charge on any atom is 0.322 e. The molecule has 0 aromatic heterocycles. The maximum absolute atomic E-state index is 11.1. The van der Waals surface area contributed by atoms with E-state index in [-0.39, 0.29) is 5.75 Å². The van der Waals surface area contributed by atoms with Gasteiger partial charge in [0.1, 0.15) is 11.8 Å². The van der Waals surface area contributed by atoms with E-state index in [1.807, 2.05) is 6.92 Å². The molecule has 0 radical (unpaired) electrons. The molecular weight excluding hydrogens is 194 g/mol. The number of methoxy groups -OCH3 is 1. The topological polar surface area (TPSA) is 72.5 Å².